The fourth-order valence-corrected chi connectivity index (χ4v) is 1.80. The van der Waals surface area contributed by atoms with Gasteiger partial charge in [-0.1, -0.05) is 39.8 Å². The smallest absolute Gasteiger partial charge is 0.240 e. The summed E-state index contributed by atoms with van der Waals surface area (Å²) in [7, 11) is 0. The molecule has 21 heavy (non-hydrogen) atoms. The molecule has 0 fully saturated rings. The largest absolute Gasteiger partial charge is 0.376 e. The fourth-order valence-electron chi connectivity index (χ4n) is 1.80. The molecule has 0 heterocycles. The molecule has 0 saturated carbocycles. The minimum atomic E-state index is -0.833. The van der Waals surface area contributed by atoms with Crippen molar-refractivity contribution in [3.05, 3.63) is 29.8 Å². The van der Waals surface area contributed by atoms with Gasteiger partial charge in [-0.2, -0.15) is 5.26 Å². The van der Waals surface area contributed by atoms with Gasteiger partial charge in [-0.3, -0.25) is 4.79 Å². The summed E-state index contributed by atoms with van der Waals surface area (Å²) in [4.78, 5) is 11.9. The fraction of sp³-hybridized carbons (Fsp3) is 0.529. The van der Waals surface area contributed by atoms with Gasteiger partial charge in [0.25, 0.3) is 0 Å². The molecule has 1 rings (SSSR count). The highest BCUT2D eigenvalue weighted by Gasteiger charge is 2.29. The number of nitrogens with one attached hydrogen (secondary N) is 2. The molecule has 0 aliphatic carbocycles. The zero-order chi connectivity index (χ0) is 16.0. The summed E-state index contributed by atoms with van der Waals surface area (Å²) in [6, 6.07) is 10.2. The molecule has 0 spiro atoms. The Kier molecular flexibility index (Phi) is 5.78. The Morgan fingerprint density at radius 3 is 2.24 bits per heavy atom. The Balaban J connectivity index is 2.55. The Morgan fingerprint density at radius 1 is 1.24 bits per heavy atom. The van der Waals surface area contributed by atoms with Crippen LogP contribution in [0.25, 0.3) is 0 Å². The van der Waals surface area contributed by atoms with Crippen LogP contribution in [0.4, 0.5) is 5.69 Å². The van der Waals surface area contributed by atoms with Gasteiger partial charge in [-0.25, -0.2) is 0 Å². The summed E-state index contributed by atoms with van der Waals surface area (Å²) in [5.41, 5.74) is 1.33. The molecule has 1 atom stereocenters. The van der Waals surface area contributed by atoms with Crippen LogP contribution in [0.3, 0.4) is 0 Å². The lowest BCUT2D eigenvalue weighted by atomic mass is 9.90. The van der Waals surface area contributed by atoms with Gasteiger partial charge in [0, 0.05) is 5.69 Å². The summed E-state index contributed by atoms with van der Waals surface area (Å²) >= 11 is 0. The van der Waals surface area contributed by atoms with Gasteiger partial charge < -0.3 is 10.6 Å². The Labute approximate surface area is 127 Å². The minimum absolute atomic E-state index is 0.0526. The molecule has 1 aromatic rings. The first kappa shape index (κ1) is 17.0. The summed E-state index contributed by atoms with van der Waals surface area (Å²) in [5, 5.41) is 15.0. The van der Waals surface area contributed by atoms with Crippen molar-refractivity contribution in [2.24, 2.45) is 5.92 Å². The predicted molar refractivity (Wildman–Crippen MR) is 86.0 cm³/mol. The molecular formula is C17H25N3O. The molecule has 114 valence electrons. The SMILES string of the molecule is CC(C)c1ccc(NCC(=O)NC(C)(C#N)C(C)C)cc1. The van der Waals surface area contributed by atoms with Gasteiger partial charge in [0.1, 0.15) is 5.54 Å². The molecule has 0 radical (unpaired) electrons. The number of nitrogens with zero attached hydrogens (tertiary/aromatic N) is 1. The second kappa shape index (κ2) is 7.12. The zero-order valence-electron chi connectivity index (χ0n) is 13.5. The van der Waals surface area contributed by atoms with Gasteiger partial charge >= 0.3 is 0 Å². The molecule has 0 bridgehead atoms. The first-order valence-electron chi connectivity index (χ1n) is 7.34. The lowest BCUT2D eigenvalue weighted by Gasteiger charge is -2.27. The van der Waals surface area contributed by atoms with E-state index in [9.17, 15) is 10.1 Å². The molecule has 1 unspecified atom stereocenters. The minimum Gasteiger partial charge on any atom is -0.376 e. The molecule has 2 N–H and O–H groups in total. The van der Waals surface area contributed by atoms with Crippen molar-refractivity contribution in [1.82, 2.24) is 5.32 Å². The summed E-state index contributed by atoms with van der Waals surface area (Å²) in [5.74, 6) is 0.363. The average molecular weight is 287 g/mol. The Hall–Kier alpha value is -2.02. The maximum atomic E-state index is 11.9. The Morgan fingerprint density at radius 2 is 1.81 bits per heavy atom. The third-order valence-electron chi connectivity index (χ3n) is 3.82. The summed E-state index contributed by atoms with van der Waals surface area (Å²) in [6.45, 7) is 10.0. The first-order chi connectivity index (χ1) is 9.78. The second-order valence-corrected chi connectivity index (χ2v) is 6.15. The number of benzene rings is 1. The molecule has 0 aromatic heterocycles. The van der Waals surface area contributed by atoms with Gasteiger partial charge in [0.2, 0.25) is 5.91 Å². The quantitative estimate of drug-likeness (QED) is 0.844. The monoisotopic (exact) mass is 287 g/mol. The van der Waals surface area contributed by atoms with Crippen LogP contribution in [0.15, 0.2) is 24.3 Å². The second-order valence-electron chi connectivity index (χ2n) is 6.15. The number of hydrogen-bond donors (Lipinski definition) is 2. The van der Waals surface area contributed by atoms with E-state index in [1.807, 2.05) is 26.0 Å². The van der Waals surface area contributed by atoms with Crippen LogP contribution >= 0.6 is 0 Å². The maximum absolute atomic E-state index is 11.9. The van der Waals surface area contributed by atoms with Crippen LogP contribution in [0.2, 0.25) is 0 Å². The van der Waals surface area contributed by atoms with Crippen molar-refractivity contribution in [3.63, 3.8) is 0 Å². The average Bonchev–Trinajstić information content (AvgIpc) is 2.45. The van der Waals surface area contributed by atoms with Crippen molar-refractivity contribution in [2.75, 3.05) is 11.9 Å². The molecule has 1 aromatic carbocycles. The molecule has 0 aliphatic heterocycles. The van der Waals surface area contributed by atoms with Crippen molar-refractivity contribution in [2.45, 2.75) is 46.1 Å². The number of amides is 1. The van der Waals surface area contributed by atoms with E-state index in [-0.39, 0.29) is 18.4 Å². The normalized spacial score (nSPS) is 13.6. The summed E-state index contributed by atoms with van der Waals surface area (Å²) < 4.78 is 0. The van der Waals surface area contributed by atoms with E-state index in [1.54, 1.807) is 6.92 Å². The number of anilines is 1. The molecule has 0 aliphatic rings. The number of rotatable bonds is 6. The van der Waals surface area contributed by atoms with E-state index in [0.717, 1.165) is 5.69 Å². The highest BCUT2D eigenvalue weighted by molar-refractivity contribution is 5.81. The van der Waals surface area contributed by atoms with Gasteiger partial charge in [-0.05, 0) is 36.5 Å². The standard InChI is InChI=1S/C17H25N3O/c1-12(2)14-6-8-15(9-7-14)19-10-16(21)20-17(5,11-18)13(3)4/h6-9,12-13,19H,10H2,1-5H3,(H,20,21). The third kappa shape index (κ3) is 4.78. The van der Waals surface area contributed by atoms with Crippen LogP contribution in [-0.2, 0) is 4.79 Å². The summed E-state index contributed by atoms with van der Waals surface area (Å²) in [6.07, 6.45) is 0. The Bertz CT molecular complexity index is 514. The van der Waals surface area contributed by atoms with Crippen LogP contribution in [0.1, 0.15) is 46.1 Å². The van der Waals surface area contributed by atoms with E-state index in [1.165, 1.54) is 5.56 Å². The maximum Gasteiger partial charge on any atom is 0.240 e. The number of hydrogen-bond acceptors (Lipinski definition) is 3. The first-order valence-corrected chi connectivity index (χ1v) is 7.34. The topological polar surface area (TPSA) is 64.9 Å². The van der Waals surface area contributed by atoms with Crippen molar-refractivity contribution in [3.8, 4) is 6.07 Å². The number of nitriles is 1. The van der Waals surface area contributed by atoms with E-state index < -0.39 is 5.54 Å². The highest BCUT2D eigenvalue weighted by Crippen LogP contribution is 2.17. The van der Waals surface area contributed by atoms with Crippen molar-refractivity contribution >= 4 is 11.6 Å². The molecule has 4 nitrogen and oxygen atoms in total. The van der Waals surface area contributed by atoms with E-state index in [4.69, 9.17) is 0 Å². The lowest BCUT2D eigenvalue weighted by Crippen LogP contribution is -2.50. The van der Waals surface area contributed by atoms with Gasteiger partial charge in [0.05, 0.1) is 12.6 Å². The molecule has 1 amide bonds. The van der Waals surface area contributed by atoms with Crippen LogP contribution in [0.5, 0.6) is 0 Å². The van der Waals surface area contributed by atoms with Crippen molar-refractivity contribution in [1.29, 1.82) is 5.26 Å². The van der Waals surface area contributed by atoms with Crippen molar-refractivity contribution < 1.29 is 4.79 Å². The number of carbonyl (C=O) groups is 1. The highest BCUT2D eigenvalue weighted by atomic mass is 16.2. The van der Waals surface area contributed by atoms with Crippen LogP contribution in [-0.4, -0.2) is 18.0 Å². The van der Waals surface area contributed by atoms with Crippen LogP contribution < -0.4 is 10.6 Å². The van der Waals surface area contributed by atoms with Crippen LogP contribution in [0, 0.1) is 17.2 Å². The zero-order valence-corrected chi connectivity index (χ0v) is 13.5. The predicted octanol–water partition coefficient (Wildman–Crippen LogP) is 3.28. The lowest BCUT2D eigenvalue weighted by molar-refractivity contribution is -0.121. The van der Waals surface area contributed by atoms with Gasteiger partial charge in [-0.15, -0.1) is 0 Å². The van der Waals surface area contributed by atoms with Gasteiger partial charge in [0.15, 0.2) is 0 Å². The van der Waals surface area contributed by atoms with E-state index >= 15 is 0 Å². The third-order valence-corrected chi connectivity index (χ3v) is 3.82. The molecule has 0 saturated heterocycles. The molecular weight excluding hydrogens is 262 g/mol. The molecule has 4 heteroatoms. The number of carbonyl (C=O) groups excluding carboxylic acids is 1. The van der Waals surface area contributed by atoms with E-state index in [2.05, 4.69) is 42.7 Å². The van der Waals surface area contributed by atoms with E-state index in [0.29, 0.717) is 5.92 Å².